The summed E-state index contributed by atoms with van der Waals surface area (Å²) in [6.07, 6.45) is 1.28. The average Bonchev–Trinajstić information content (AvgIpc) is 2.73. The molecule has 0 amide bonds. The van der Waals surface area contributed by atoms with Crippen molar-refractivity contribution in [3.05, 3.63) is 40.5 Å². The summed E-state index contributed by atoms with van der Waals surface area (Å²) in [6, 6.07) is 6.11. The fourth-order valence-corrected chi connectivity index (χ4v) is 1.87. The van der Waals surface area contributed by atoms with Crippen LogP contribution in [-0.4, -0.2) is 21.8 Å². The lowest BCUT2D eigenvalue weighted by molar-refractivity contribution is -0.0509. The van der Waals surface area contributed by atoms with Crippen LogP contribution in [0.25, 0.3) is 0 Å². The highest BCUT2D eigenvalue weighted by Gasteiger charge is 2.13. The van der Waals surface area contributed by atoms with Crippen LogP contribution in [0.1, 0.15) is 5.56 Å². The van der Waals surface area contributed by atoms with Gasteiger partial charge in [-0.2, -0.15) is 8.78 Å². The third kappa shape index (κ3) is 3.57. The van der Waals surface area contributed by atoms with Gasteiger partial charge in [0.15, 0.2) is 0 Å². The van der Waals surface area contributed by atoms with Crippen LogP contribution in [0.3, 0.4) is 0 Å². The normalized spacial score (nSPS) is 10.7. The van der Waals surface area contributed by atoms with E-state index >= 15 is 0 Å². The lowest BCUT2D eigenvalue weighted by atomic mass is 10.2. The molecule has 0 fully saturated rings. The summed E-state index contributed by atoms with van der Waals surface area (Å²) in [5, 5.41) is 12.6. The van der Waals surface area contributed by atoms with Gasteiger partial charge in [-0.1, -0.05) is 27.1 Å². The Morgan fingerprint density at radius 1 is 1.37 bits per heavy atom. The second-order valence-corrected chi connectivity index (χ2v) is 4.31. The molecular weight excluding hydrogens is 326 g/mol. The number of aromatic nitrogens is 2. The molecule has 0 saturated carbocycles. The minimum Gasteiger partial charge on any atom is -0.471 e. The number of alkyl halides is 2. The van der Waals surface area contributed by atoms with Crippen LogP contribution in [0.15, 0.2) is 34.9 Å². The first kappa shape index (κ1) is 13.6. The number of benzene rings is 1. The van der Waals surface area contributed by atoms with Crippen molar-refractivity contribution in [2.24, 2.45) is 0 Å². The summed E-state index contributed by atoms with van der Waals surface area (Å²) in [5.41, 5.74) is 0.426. The molecule has 1 heterocycles. The van der Waals surface area contributed by atoms with Crippen molar-refractivity contribution < 1.29 is 23.5 Å². The molecular formula is C11H9BrF2N2O3. The van der Waals surface area contributed by atoms with Crippen molar-refractivity contribution in [2.75, 3.05) is 0 Å². The van der Waals surface area contributed by atoms with Crippen molar-refractivity contribution in [3.63, 3.8) is 0 Å². The van der Waals surface area contributed by atoms with Crippen molar-refractivity contribution in [1.82, 2.24) is 9.94 Å². The van der Waals surface area contributed by atoms with Gasteiger partial charge in [0.2, 0.25) is 5.88 Å². The van der Waals surface area contributed by atoms with Gasteiger partial charge in [-0.05, 0) is 12.1 Å². The number of hydrogen-bond acceptors (Lipinski definition) is 4. The van der Waals surface area contributed by atoms with Gasteiger partial charge in [0.1, 0.15) is 12.4 Å². The maximum atomic E-state index is 12.3. The molecule has 0 spiro atoms. The molecule has 0 aliphatic carbocycles. The number of ether oxygens (including phenoxy) is 2. The maximum absolute atomic E-state index is 12.3. The van der Waals surface area contributed by atoms with E-state index in [4.69, 9.17) is 9.94 Å². The molecule has 0 aliphatic rings. The summed E-state index contributed by atoms with van der Waals surface area (Å²) < 4.78 is 34.8. The highest BCUT2D eigenvalue weighted by molar-refractivity contribution is 9.10. The Morgan fingerprint density at radius 2 is 2.16 bits per heavy atom. The molecule has 19 heavy (non-hydrogen) atoms. The molecule has 0 saturated heterocycles. The van der Waals surface area contributed by atoms with E-state index in [-0.39, 0.29) is 18.2 Å². The van der Waals surface area contributed by atoms with Crippen molar-refractivity contribution in [1.29, 1.82) is 0 Å². The number of nitrogens with zero attached hydrogens (tertiary/aromatic N) is 2. The van der Waals surface area contributed by atoms with Crippen molar-refractivity contribution in [3.8, 4) is 11.6 Å². The zero-order valence-corrected chi connectivity index (χ0v) is 11.0. The van der Waals surface area contributed by atoms with E-state index in [1.54, 1.807) is 12.1 Å². The zero-order chi connectivity index (χ0) is 13.8. The first-order chi connectivity index (χ1) is 9.06. The largest absolute Gasteiger partial charge is 0.471 e. The van der Waals surface area contributed by atoms with Crippen LogP contribution in [0.4, 0.5) is 8.78 Å². The van der Waals surface area contributed by atoms with Crippen LogP contribution < -0.4 is 9.47 Å². The van der Waals surface area contributed by atoms with Crippen LogP contribution in [0.5, 0.6) is 11.6 Å². The Bertz CT molecular complexity index is 563. The molecule has 1 N–H and O–H groups in total. The zero-order valence-electron chi connectivity index (χ0n) is 9.46. The maximum Gasteiger partial charge on any atom is 0.387 e. The number of halogens is 3. The molecule has 0 bridgehead atoms. The van der Waals surface area contributed by atoms with E-state index in [1.807, 2.05) is 0 Å². The molecule has 8 heteroatoms. The molecule has 5 nitrogen and oxygen atoms in total. The molecule has 0 atom stereocenters. The quantitative estimate of drug-likeness (QED) is 0.854. The lowest BCUT2D eigenvalue weighted by Gasteiger charge is -2.12. The molecule has 102 valence electrons. The number of rotatable bonds is 5. The van der Waals surface area contributed by atoms with Gasteiger partial charge in [-0.15, -0.1) is 4.85 Å². The highest BCUT2D eigenvalue weighted by Crippen LogP contribution is 2.29. The monoisotopic (exact) mass is 334 g/mol. The standard InChI is InChI=1S/C11H9BrF2N2O3/c12-8-2-1-3-9(19-11(13)14)7(8)6-18-10-4-5-16(17)15-10/h1-5,11,17H,6H2. The fraction of sp³-hybridized carbons (Fsp3) is 0.182. The van der Waals surface area contributed by atoms with Gasteiger partial charge in [-0.3, -0.25) is 0 Å². The number of hydrogen-bond donors (Lipinski definition) is 1. The van der Waals surface area contributed by atoms with E-state index < -0.39 is 6.61 Å². The fourth-order valence-electron chi connectivity index (χ4n) is 1.41. The second kappa shape index (κ2) is 5.87. The molecule has 2 rings (SSSR count). The summed E-state index contributed by atoms with van der Waals surface area (Å²) in [7, 11) is 0. The Kier molecular flexibility index (Phi) is 4.20. The third-order valence-electron chi connectivity index (χ3n) is 2.21. The van der Waals surface area contributed by atoms with E-state index in [9.17, 15) is 8.78 Å². The Balaban J connectivity index is 2.14. The highest BCUT2D eigenvalue weighted by atomic mass is 79.9. The minimum absolute atomic E-state index is 0.0211. The predicted molar refractivity (Wildman–Crippen MR) is 64.5 cm³/mol. The van der Waals surface area contributed by atoms with Gasteiger partial charge in [0, 0.05) is 16.1 Å². The Labute approximate surface area is 115 Å². The summed E-state index contributed by atoms with van der Waals surface area (Å²) in [4.78, 5) is 0.589. The predicted octanol–water partition coefficient (Wildman–Crippen LogP) is 3.06. The Morgan fingerprint density at radius 3 is 2.79 bits per heavy atom. The van der Waals surface area contributed by atoms with Gasteiger partial charge in [0.25, 0.3) is 0 Å². The van der Waals surface area contributed by atoms with Crippen LogP contribution >= 0.6 is 15.9 Å². The smallest absolute Gasteiger partial charge is 0.387 e. The Hall–Kier alpha value is -1.83. The average molecular weight is 335 g/mol. The van der Waals surface area contributed by atoms with E-state index in [0.717, 1.165) is 0 Å². The minimum atomic E-state index is -2.91. The van der Waals surface area contributed by atoms with Crippen LogP contribution in [-0.2, 0) is 6.61 Å². The van der Waals surface area contributed by atoms with Crippen molar-refractivity contribution in [2.45, 2.75) is 13.2 Å². The van der Waals surface area contributed by atoms with Crippen molar-refractivity contribution >= 4 is 15.9 Å². The lowest BCUT2D eigenvalue weighted by Crippen LogP contribution is -2.07. The van der Waals surface area contributed by atoms with E-state index in [1.165, 1.54) is 18.3 Å². The first-order valence-electron chi connectivity index (χ1n) is 5.16. The van der Waals surface area contributed by atoms with Gasteiger partial charge in [-0.25, -0.2) is 0 Å². The van der Waals surface area contributed by atoms with Crippen LogP contribution in [0.2, 0.25) is 0 Å². The first-order valence-corrected chi connectivity index (χ1v) is 5.95. The van der Waals surface area contributed by atoms with E-state index in [2.05, 4.69) is 25.8 Å². The van der Waals surface area contributed by atoms with Gasteiger partial charge < -0.3 is 14.7 Å². The summed E-state index contributed by atoms with van der Waals surface area (Å²) in [6.45, 7) is -2.94. The SMILES string of the molecule is On1ccc(OCc2c(Br)cccc2OC(F)F)n1. The van der Waals surface area contributed by atoms with Gasteiger partial charge >= 0.3 is 6.61 Å². The topological polar surface area (TPSA) is 56.5 Å². The molecule has 0 radical (unpaired) electrons. The van der Waals surface area contributed by atoms with Crippen LogP contribution in [0, 0.1) is 0 Å². The summed E-state index contributed by atoms with van der Waals surface area (Å²) >= 11 is 3.24. The molecule has 1 aromatic heterocycles. The third-order valence-corrected chi connectivity index (χ3v) is 2.95. The molecule has 0 aliphatic heterocycles. The van der Waals surface area contributed by atoms with E-state index in [0.29, 0.717) is 14.9 Å². The summed E-state index contributed by atoms with van der Waals surface area (Å²) in [5.74, 6) is 0.189. The second-order valence-electron chi connectivity index (χ2n) is 3.46. The molecule has 0 unspecified atom stereocenters. The molecule has 1 aromatic carbocycles. The molecule has 2 aromatic rings. The van der Waals surface area contributed by atoms with Gasteiger partial charge in [0.05, 0.1) is 6.20 Å².